The summed E-state index contributed by atoms with van der Waals surface area (Å²) < 4.78 is 10.9. The summed E-state index contributed by atoms with van der Waals surface area (Å²) in [4.78, 5) is 24.9. The van der Waals surface area contributed by atoms with Gasteiger partial charge in [-0.2, -0.15) is 0 Å². The molecule has 18 heavy (non-hydrogen) atoms. The van der Waals surface area contributed by atoms with Crippen molar-refractivity contribution < 1.29 is 19.1 Å². The Morgan fingerprint density at radius 1 is 1.50 bits per heavy atom. The molecule has 1 spiro atoms. The highest BCUT2D eigenvalue weighted by atomic mass is 16.6. The minimum absolute atomic E-state index is 0.00245. The Balaban J connectivity index is 1.77. The van der Waals surface area contributed by atoms with Gasteiger partial charge in [0.25, 0.3) is 0 Å². The summed E-state index contributed by atoms with van der Waals surface area (Å²) in [7, 11) is 0. The molecule has 4 unspecified atom stereocenters. The summed E-state index contributed by atoms with van der Waals surface area (Å²) in [6, 6.07) is 0.103. The number of amides is 1. The number of carbonyl (C=O) groups excluding carboxylic acids is 2. The van der Waals surface area contributed by atoms with Crippen LogP contribution in [0.2, 0.25) is 0 Å². The van der Waals surface area contributed by atoms with E-state index in [0.29, 0.717) is 13.2 Å². The van der Waals surface area contributed by atoms with Gasteiger partial charge >= 0.3 is 6.09 Å². The number of piperidine rings is 1. The van der Waals surface area contributed by atoms with Gasteiger partial charge < -0.3 is 14.3 Å². The summed E-state index contributed by atoms with van der Waals surface area (Å²) in [6.45, 7) is 6.79. The van der Waals surface area contributed by atoms with E-state index in [4.69, 9.17) is 9.47 Å². The summed E-state index contributed by atoms with van der Waals surface area (Å²) >= 11 is 0. The van der Waals surface area contributed by atoms with Crippen LogP contribution in [0.1, 0.15) is 27.2 Å². The number of nitrogens with zero attached hydrogens (tertiary/aromatic N) is 1. The van der Waals surface area contributed by atoms with Crippen LogP contribution in [0.3, 0.4) is 0 Å². The van der Waals surface area contributed by atoms with Gasteiger partial charge in [0.05, 0.1) is 25.3 Å². The molecule has 0 bridgehead atoms. The standard InChI is InChI=1S/C13H19NO4/c1-12(2,3)18-11(16)14-9-6-17-7-13(9)4-8(5-15)10(13)14/h5,8-10H,4,6-7H2,1-3H3. The topological polar surface area (TPSA) is 55.8 Å². The van der Waals surface area contributed by atoms with Gasteiger partial charge in [-0.1, -0.05) is 0 Å². The predicted molar refractivity (Wildman–Crippen MR) is 63.1 cm³/mol. The Bertz CT molecular complexity index is 402. The first-order valence-electron chi connectivity index (χ1n) is 6.43. The monoisotopic (exact) mass is 253 g/mol. The number of aldehydes is 1. The Morgan fingerprint density at radius 3 is 2.83 bits per heavy atom. The average molecular weight is 253 g/mol. The van der Waals surface area contributed by atoms with Crippen molar-refractivity contribution in [1.29, 1.82) is 0 Å². The van der Waals surface area contributed by atoms with Crippen molar-refractivity contribution in [2.45, 2.75) is 44.9 Å². The van der Waals surface area contributed by atoms with Gasteiger partial charge in [-0.05, 0) is 27.2 Å². The minimum Gasteiger partial charge on any atom is -0.444 e. The van der Waals surface area contributed by atoms with E-state index in [1.54, 1.807) is 4.90 Å². The molecule has 1 saturated carbocycles. The van der Waals surface area contributed by atoms with Crippen molar-refractivity contribution in [2.75, 3.05) is 13.2 Å². The van der Waals surface area contributed by atoms with E-state index < -0.39 is 5.60 Å². The summed E-state index contributed by atoms with van der Waals surface area (Å²) in [5.74, 6) is -0.0459. The fourth-order valence-corrected chi connectivity index (χ4v) is 3.67. The largest absolute Gasteiger partial charge is 0.444 e. The third kappa shape index (κ3) is 1.37. The quantitative estimate of drug-likeness (QED) is 0.659. The SMILES string of the molecule is CC(C)(C)OC(=O)N1C2COCC23CC(C=O)C13. The highest BCUT2D eigenvalue weighted by Gasteiger charge is 2.74. The molecule has 0 radical (unpaired) electrons. The van der Waals surface area contributed by atoms with E-state index in [0.717, 1.165) is 12.7 Å². The van der Waals surface area contributed by atoms with E-state index in [-0.39, 0.29) is 29.5 Å². The first-order chi connectivity index (χ1) is 8.39. The maximum Gasteiger partial charge on any atom is 0.410 e. The lowest BCUT2D eigenvalue weighted by Gasteiger charge is -2.68. The Labute approximate surface area is 106 Å². The maximum atomic E-state index is 12.2. The second-order valence-corrected chi connectivity index (χ2v) is 6.60. The Hall–Kier alpha value is -1.10. The van der Waals surface area contributed by atoms with Crippen LogP contribution >= 0.6 is 0 Å². The first-order valence-corrected chi connectivity index (χ1v) is 6.43. The third-order valence-corrected chi connectivity index (χ3v) is 4.34. The summed E-state index contributed by atoms with van der Waals surface area (Å²) in [5.41, 5.74) is -0.461. The fraction of sp³-hybridized carbons (Fsp3) is 0.846. The molecule has 2 aliphatic heterocycles. The molecule has 0 aromatic carbocycles. The number of hydrogen-bond donors (Lipinski definition) is 0. The van der Waals surface area contributed by atoms with E-state index in [1.165, 1.54) is 0 Å². The smallest absolute Gasteiger partial charge is 0.410 e. The van der Waals surface area contributed by atoms with Gasteiger partial charge in [0.15, 0.2) is 0 Å². The van der Waals surface area contributed by atoms with Crippen molar-refractivity contribution in [2.24, 2.45) is 11.3 Å². The fourth-order valence-electron chi connectivity index (χ4n) is 3.67. The molecule has 100 valence electrons. The molecule has 5 nitrogen and oxygen atoms in total. The number of ether oxygens (including phenoxy) is 2. The number of likely N-dealkylation sites (tertiary alicyclic amines) is 1. The van der Waals surface area contributed by atoms with Crippen LogP contribution in [0.25, 0.3) is 0 Å². The zero-order chi connectivity index (χ0) is 13.1. The van der Waals surface area contributed by atoms with Crippen molar-refractivity contribution in [3.8, 4) is 0 Å². The van der Waals surface area contributed by atoms with Crippen LogP contribution in [0, 0.1) is 11.3 Å². The van der Waals surface area contributed by atoms with Gasteiger partial charge in [-0.3, -0.25) is 4.90 Å². The lowest BCUT2D eigenvalue weighted by Crippen LogP contribution is -2.81. The van der Waals surface area contributed by atoms with Gasteiger partial charge in [-0.15, -0.1) is 0 Å². The molecule has 3 rings (SSSR count). The van der Waals surface area contributed by atoms with E-state index in [1.807, 2.05) is 20.8 Å². The highest BCUT2D eigenvalue weighted by molar-refractivity contribution is 5.74. The summed E-state index contributed by atoms with van der Waals surface area (Å²) in [6.07, 6.45) is 1.50. The normalized spacial score (nSPS) is 41.3. The molecule has 4 atom stereocenters. The van der Waals surface area contributed by atoms with Crippen LogP contribution in [0.4, 0.5) is 4.79 Å². The molecule has 1 aliphatic carbocycles. The zero-order valence-electron chi connectivity index (χ0n) is 11.0. The van der Waals surface area contributed by atoms with Crippen molar-refractivity contribution in [3.63, 3.8) is 0 Å². The number of carbonyl (C=O) groups is 2. The minimum atomic E-state index is -0.505. The zero-order valence-corrected chi connectivity index (χ0v) is 11.0. The molecule has 0 N–H and O–H groups in total. The van der Waals surface area contributed by atoms with Crippen molar-refractivity contribution in [1.82, 2.24) is 4.90 Å². The first kappa shape index (κ1) is 12.0. The molecular weight excluding hydrogens is 234 g/mol. The molecular formula is C13H19NO4. The lowest BCUT2D eigenvalue weighted by molar-refractivity contribution is -0.199. The third-order valence-electron chi connectivity index (χ3n) is 4.34. The molecule has 2 heterocycles. The highest BCUT2D eigenvalue weighted by Crippen LogP contribution is 2.63. The molecule has 3 fully saturated rings. The van der Waals surface area contributed by atoms with E-state index >= 15 is 0 Å². The average Bonchev–Trinajstić information content (AvgIpc) is 2.61. The summed E-state index contributed by atoms with van der Waals surface area (Å²) in [5, 5.41) is 0. The van der Waals surface area contributed by atoms with E-state index in [9.17, 15) is 9.59 Å². The molecule has 0 aromatic heterocycles. The molecule has 1 amide bonds. The molecule has 5 heteroatoms. The van der Waals surface area contributed by atoms with Gasteiger partial charge in [0, 0.05) is 11.3 Å². The second-order valence-electron chi connectivity index (χ2n) is 6.60. The number of rotatable bonds is 1. The van der Waals surface area contributed by atoms with Gasteiger partial charge in [-0.25, -0.2) is 4.79 Å². The van der Waals surface area contributed by atoms with Crippen LogP contribution in [-0.4, -0.2) is 48.2 Å². The maximum absolute atomic E-state index is 12.2. The Kier molecular flexibility index (Phi) is 2.31. The van der Waals surface area contributed by atoms with Crippen LogP contribution in [0.5, 0.6) is 0 Å². The van der Waals surface area contributed by atoms with E-state index in [2.05, 4.69) is 0 Å². The van der Waals surface area contributed by atoms with Gasteiger partial charge in [0.2, 0.25) is 0 Å². The van der Waals surface area contributed by atoms with Crippen LogP contribution < -0.4 is 0 Å². The van der Waals surface area contributed by atoms with Crippen LogP contribution in [0.15, 0.2) is 0 Å². The van der Waals surface area contributed by atoms with Crippen LogP contribution in [-0.2, 0) is 14.3 Å². The Morgan fingerprint density at radius 2 is 2.22 bits per heavy atom. The molecule has 3 aliphatic rings. The molecule has 2 saturated heterocycles. The second kappa shape index (κ2) is 3.47. The molecule has 0 aromatic rings. The predicted octanol–water partition coefficient (Wildman–Crippen LogP) is 1.21. The number of hydrogen-bond acceptors (Lipinski definition) is 4. The van der Waals surface area contributed by atoms with Gasteiger partial charge in [0.1, 0.15) is 11.9 Å². The van der Waals surface area contributed by atoms with Crippen molar-refractivity contribution in [3.05, 3.63) is 0 Å². The van der Waals surface area contributed by atoms with Crippen molar-refractivity contribution >= 4 is 12.4 Å². The lowest BCUT2D eigenvalue weighted by atomic mass is 9.49.